The van der Waals surface area contributed by atoms with Crippen LogP contribution in [0.25, 0.3) is 0 Å². The molecule has 0 bridgehead atoms. The van der Waals surface area contributed by atoms with Crippen LogP contribution in [0.3, 0.4) is 0 Å². The van der Waals surface area contributed by atoms with Crippen LogP contribution in [0, 0.1) is 5.92 Å². The third-order valence-electron chi connectivity index (χ3n) is 2.95. The maximum atomic E-state index is 11.3. The summed E-state index contributed by atoms with van der Waals surface area (Å²) in [4.78, 5) is 11.3. The number of hydrogen-bond donors (Lipinski definition) is 2. The summed E-state index contributed by atoms with van der Waals surface area (Å²) in [5, 5.41) is 12.8. The average Bonchev–Trinajstić information content (AvgIpc) is 3.08. The zero-order valence-electron chi connectivity index (χ0n) is 9.81. The maximum Gasteiger partial charge on any atom is 0.374 e. The lowest BCUT2D eigenvalue weighted by molar-refractivity contribution is 0.0563. The van der Waals surface area contributed by atoms with Crippen LogP contribution < -0.4 is 5.32 Å². The minimum atomic E-state index is -0.477. The van der Waals surface area contributed by atoms with E-state index in [1.54, 1.807) is 6.07 Å². The predicted molar refractivity (Wildman–Crippen MR) is 60.5 cm³/mol. The summed E-state index contributed by atoms with van der Waals surface area (Å²) in [5.41, 5.74) is 0.750. The number of aliphatic hydroxyl groups is 1. The Morgan fingerprint density at radius 3 is 3.12 bits per heavy atom. The molecule has 1 aromatic heterocycles. The van der Waals surface area contributed by atoms with E-state index >= 15 is 0 Å². The molecular formula is C12H17NO4. The zero-order valence-corrected chi connectivity index (χ0v) is 9.81. The Kier molecular flexibility index (Phi) is 3.81. The molecule has 5 heteroatoms. The van der Waals surface area contributed by atoms with Crippen LogP contribution in [0.2, 0.25) is 0 Å². The molecule has 1 saturated carbocycles. The van der Waals surface area contributed by atoms with Crippen LogP contribution in [-0.4, -0.2) is 30.8 Å². The van der Waals surface area contributed by atoms with E-state index in [1.807, 2.05) is 0 Å². The van der Waals surface area contributed by atoms with Crippen molar-refractivity contribution in [3.8, 4) is 0 Å². The number of furan rings is 1. The molecule has 1 aliphatic carbocycles. The Labute approximate surface area is 99.8 Å². The Hall–Kier alpha value is -1.33. The third-order valence-corrected chi connectivity index (χ3v) is 2.95. The number of rotatable bonds is 6. The Morgan fingerprint density at radius 2 is 2.47 bits per heavy atom. The van der Waals surface area contributed by atoms with Gasteiger partial charge in [0.1, 0.15) is 0 Å². The van der Waals surface area contributed by atoms with E-state index in [9.17, 15) is 9.90 Å². The van der Waals surface area contributed by atoms with Gasteiger partial charge in [-0.25, -0.2) is 4.79 Å². The van der Waals surface area contributed by atoms with E-state index in [4.69, 9.17) is 4.42 Å². The second-order valence-corrected chi connectivity index (χ2v) is 4.30. The SMILES string of the molecule is COC(=O)c1occc1CNCC(O)C1CC1. The van der Waals surface area contributed by atoms with E-state index in [0.29, 0.717) is 19.0 Å². The van der Waals surface area contributed by atoms with Gasteiger partial charge in [0, 0.05) is 18.7 Å². The normalized spacial score (nSPS) is 16.8. The third kappa shape index (κ3) is 3.08. The number of nitrogens with one attached hydrogen (secondary N) is 1. The second kappa shape index (κ2) is 5.33. The minimum Gasteiger partial charge on any atom is -0.463 e. The molecule has 94 valence electrons. The fourth-order valence-corrected chi connectivity index (χ4v) is 1.75. The topological polar surface area (TPSA) is 71.7 Å². The van der Waals surface area contributed by atoms with Crippen LogP contribution in [0.5, 0.6) is 0 Å². The largest absolute Gasteiger partial charge is 0.463 e. The molecular weight excluding hydrogens is 222 g/mol. The van der Waals surface area contributed by atoms with Gasteiger partial charge in [-0.15, -0.1) is 0 Å². The molecule has 1 unspecified atom stereocenters. The molecule has 2 N–H and O–H groups in total. The predicted octanol–water partition coefficient (Wildman–Crippen LogP) is 0.927. The van der Waals surface area contributed by atoms with Gasteiger partial charge in [0.15, 0.2) is 0 Å². The van der Waals surface area contributed by atoms with Crippen LogP contribution in [0.15, 0.2) is 16.7 Å². The summed E-state index contributed by atoms with van der Waals surface area (Å²) < 4.78 is 9.66. The van der Waals surface area contributed by atoms with Gasteiger partial charge in [-0.1, -0.05) is 0 Å². The van der Waals surface area contributed by atoms with E-state index in [1.165, 1.54) is 13.4 Å². The van der Waals surface area contributed by atoms with Gasteiger partial charge in [0.2, 0.25) is 5.76 Å². The van der Waals surface area contributed by atoms with E-state index in [2.05, 4.69) is 10.1 Å². The lowest BCUT2D eigenvalue weighted by Crippen LogP contribution is -2.28. The molecule has 17 heavy (non-hydrogen) atoms. The highest BCUT2D eigenvalue weighted by molar-refractivity contribution is 5.87. The molecule has 0 radical (unpaired) electrons. The molecule has 0 aliphatic heterocycles. The van der Waals surface area contributed by atoms with Crippen molar-refractivity contribution in [3.05, 3.63) is 23.7 Å². The summed E-state index contributed by atoms with van der Waals surface area (Å²) in [5.74, 6) is 0.197. The minimum absolute atomic E-state index is 0.223. The fraction of sp³-hybridized carbons (Fsp3) is 0.583. The molecule has 0 saturated heterocycles. The smallest absolute Gasteiger partial charge is 0.374 e. The van der Waals surface area contributed by atoms with Crippen LogP contribution in [-0.2, 0) is 11.3 Å². The number of carbonyl (C=O) groups is 1. The molecule has 1 aliphatic rings. The Bertz CT molecular complexity index is 384. The number of ether oxygens (including phenoxy) is 1. The van der Waals surface area contributed by atoms with Crippen molar-refractivity contribution in [2.45, 2.75) is 25.5 Å². The van der Waals surface area contributed by atoms with Crippen molar-refractivity contribution >= 4 is 5.97 Å². The van der Waals surface area contributed by atoms with Crippen molar-refractivity contribution in [2.75, 3.05) is 13.7 Å². The zero-order chi connectivity index (χ0) is 12.3. The van der Waals surface area contributed by atoms with Gasteiger partial charge in [0.05, 0.1) is 19.5 Å². The van der Waals surface area contributed by atoms with Gasteiger partial charge in [-0.2, -0.15) is 0 Å². The van der Waals surface area contributed by atoms with Crippen LogP contribution in [0.1, 0.15) is 29.0 Å². The molecule has 2 rings (SSSR count). The summed E-state index contributed by atoms with van der Waals surface area (Å²) in [6.45, 7) is 1.03. The first-order valence-electron chi connectivity index (χ1n) is 5.76. The van der Waals surface area contributed by atoms with Gasteiger partial charge in [-0.3, -0.25) is 0 Å². The highest BCUT2D eigenvalue weighted by atomic mass is 16.5. The van der Waals surface area contributed by atoms with Crippen molar-refractivity contribution < 1.29 is 19.1 Å². The molecule has 0 aromatic carbocycles. The summed E-state index contributed by atoms with van der Waals surface area (Å²) >= 11 is 0. The lowest BCUT2D eigenvalue weighted by Gasteiger charge is -2.10. The monoisotopic (exact) mass is 239 g/mol. The number of esters is 1. The molecule has 1 heterocycles. The van der Waals surface area contributed by atoms with E-state index in [-0.39, 0.29) is 11.9 Å². The highest BCUT2D eigenvalue weighted by Crippen LogP contribution is 2.32. The molecule has 1 aromatic rings. The van der Waals surface area contributed by atoms with Crippen LogP contribution >= 0.6 is 0 Å². The van der Waals surface area contributed by atoms with E-state index in [0.717, 1.165) is 18.4 Å². The second-order valence-electron chi connectivity index (χ2n) is 4.30. The van der Waals surface area contributed by atoms with Gasteiger partial charge in [0.25, 0.3) is 0 Å². The molecule has 1 fully saturated rings. The molecule has 0 spiro atoms. The van der Waals surface area contributed by atoms with Crippen LogP contribution in [0.4, 0.5) is 0 Å². The molecule has 5 nitrogen and oxygen atoms in total. The van der Waals surface area contributed by atoms with Gasteiger partial charge >= 0.3 is 5.97 Å². The summed E-state index contributed by atoms with van der Waals surface area (Å²) in [6.07, 6.45) is 3.40. The first kappa shape index (κ1) is 12.1. The highest BCUT2D eigenvalue weighted by Gasteiger charge is 2.29. The number of aliphatic hydroxyl groups excluding tert-OH is 1. The van der Waals surface area contributed by atoms with Gasteiger partial charge in [-0.05, 0) is 24.8 Å². The average molecular weight is 239 g/mol. The Morgan fingerprint density at radius 1 is 1.71 bits per heavy atom. The van der Waals surface area contributed by atoms with Gasteiger partial charge < -0.3 is 19.6 Å². The molecule has 1 atom stereocenters. The number of methoxy groups -OCH3 is 1. The molecule has 0 amide bonds. The van der Waals surface area contributed by atoms with E-state index < -0.39 is 5.97 Å². The maximum absolute atomic E-state index is 11.3. The number of hydrogen-bond acceptors (Lipinski definition) is 5. The van der Waals surface area contributed by atoms with Crippen molar-refractivity contribution in [3.63, 3.8) is 0 Å². The van der Waals surface area contributed by atoms with Crippen molar-refractivity contribution in [1.82, 2.24) is 5.32 Å². The quantitative estimate of drug-likeness (QED) is 0.722. The standard InChI is InChI=1S/C12H17NO4/c1-16-12(15)11-9(4-5-17-11)6-13-7-10(14)8-2-3-8/h4-5,8,10,13-14H,2-3,6-7H2,1H3. The van der Waals surface area contributed by atoms with Crippen molar-refractivity contribution in [1.29, 1.82) is 0 Å². The first-order valence-corrected chi connectivity index (χ1v) is 5.76. The first-order chi connectivity index (χ1) is 8.22. The summed E-state index contributed by atoms with van der Waals surface area (Å²) in [7, 11) is 1.32. The summed E-state index contributed by atoms with van der Waals surface area (Å²) in [6, 6.07) is 1.72. The Balaban J connectivity index is 1.81. The lowest BCUT2D eigenvalue weighted by atomic mass is 10.2. The number of carbonyl (C=O) groups excluding carboxylic acids is 1. The fourth-order valence-electron chi connectivity index (χ4n) is 1.75. The van der Waals surface area contributed by atoms with Crippen molar-refractivity contribution in [2.24, 2.45) is 5.92 Å².